The number of nitrogens with one attached hydrogen (secondary N) is 1. The van der Waals surface area contributed by atoms with E-state index in [1.54, 1.807) is 7.11 Å². The van der Waals surface area contributed by atoms with Crippen LogP contribution in [0.1, 0.15) is 11.1 Å². The zero-order valence-electron chi connectivity index (χ0n) is 16.5. The Labute approximate surface area is 160 Å². The summed E-state index contributed by atoms with van der Waals surface area (Å²) in [4.78, 5) is 7.14. The number of hydrogen-bond donors (Lipinski definition) is 1. The Morgan fingerprint density at radius 3 is 2.63 bits per heavy atom. The van der Waals surface area contributed by atoms with Crippen molar-refractivity contribution < 1.29 is 9.47 Å². The molecular weight excluding hydrogens is 338 g/mol. The minimum atomic E-state index is 0.448. The Hall–Kier alpha value is -2.79. The summed E-state index contributed by atoms with van der Waals surface area (Å²) < 4.78 is 11.3. The van der Waals surface area contributed by atoms with Crippen LogP contribution >= 0.6 is 0 Å². The van der Waals surface area contributed by atoms with Crippen LogP contribution in [0.25, 0.3) is 10.9 Å². The maximum atomic E-state index is 6.05. The van der Waals surface area contributed by atoms with Gasteiger partial charge >= 0.3 is 0 Å². The van der Waals surface area contributed by atoms with Gasteiger partial charge in [-0.25, -0.2) is 4.98 Å². The molecule has 0 unspecified atom stereocenters. The average Bonchev–Trinajstić information content (AvgIpc) is 2.70. The normalized spacial score (nSPS) is 10.8. The van der Waals surface area contributed by atoms with E-state index in [4.69, 9.17) is 14.5 Å². The Bertz CT molecular complexity index is 911. The molecule has 0 atom stereocenters. The third kappa shape index (κ3) is 4.49. The fourth-order valence-electron chi connectivity index (χ4n) is 3.06. The number of aromatic nitrogens is 1. The van der Waals surface area contributed by atoms with Gasteiger partial charge in [0.05, 0.1) is 12.6 Å². The molecule has 1 aromatic heterocycles. The standard InChI is InChI=1S/C22H27N3O2/c1-16-7-5-8-17-13-18(15-27-20-10-6-9-19(14-20)26-4)22(24-21(16)17)25(3)12-11-23-2/h5-10,13-14,23H,11-12,15H2,1-4H3. The summed E-state index contributed by atoms with van der Waals surface area (Å²) >= 11 is 0. The molecule has 0 aliphatic heterocycles. The highest BCUT2D eigenvalue weighted by Gasteiger charge is 2.13. The molecule has 1 heterocycles. The van der Waals surface area contributed by atoms with Crippen LogP contribution < -0.4 is 19.7 Å². The summed E-state index contributed by atoms with van der Waals surface area (Å²) in [6, 6.07) is 16.1. The molecule has 3 rings (SSSR count). The number of benzene rings is 2. The molecule has 0 aliphatic carbocycles. The number of aryl methyl sites for hydroxylation is 1. The van der Waals surface area contributed by atoms with Crippen LogP contribution in [0.3, 0.4) is 0 Å². The smallest absolute Gasteiger partial charge is 0.135 e. The second kappa shape index (κ2) is 8.73. The van der Waals surface area contributed by atoms with Crippen molar-refractivity contribution in [3.63, 3.8) is 0 Å². The van der Waals surface area contributed by atoms with E-state index in [1.807, 2.05) is 31.3 Å². The molecule has 0 saturated heterocycles. The van der Waals surface area contributed by atoms with Crippen LogP contribution in [0.2, 0.25) is 0 Å². The number of ether oxygens (including phenoxy) is 2. The number of likely N-dealkylation sites (N-methyl/N-ethyl adjacent to an activating group) is 2. The molecule has 1 N–H and O–H groups in total. The minimum absolute atomic E-state index is 0.448. The molecule has 0 saturated carbocycles. The van der Waals surface area contributed by atoms with Crippen molar-refractivity contribution in [2.45, 2.75) is 13.5 Å². The van der Waals surface area contributed by atoms with Gasteiger partial charge in [-0.3, -0.25) is 0 Å². The molecule has 5 nitrogen and oxygen atoms in total. The van der Waals surface area contributed by atoms with E-state index >= 15 is 0 Å². The first-order chi connectivity index (χ1) is 13.1. The lowest BCUT2D eigenvalue weighted by molar-refractivity contribution is 0.303. The fourth-order valence-corrected chi connectivity index (χ4v) is 3.06. The molecule has 3 aromatic rings. The molecule has 0 bridgehead atoms. The number of hydrogen-bond acceptors (Lipinski definition) is 5. The molecule has 5 heteroatoms. The molecule has 0 radical (unpaired) electrons. The lowest BCUT2D eigenvalue weighted by Gasteiger charge is -2.22. The fraction of sp³-hybridized carbons (Fsp3) is 0.318. The number of fused-ring (bicyclic) bond motifs is 1. The van der Waals surface area contributed by atoms with Gasteiger partial charge in [0.25, 0.3) is 0 Å². The summed E-state index contributed by atoms with van der Waals surface area (Å²) in [6.07, 6.45) is 0. The first-order valence-electron chi connectivity index (χ1n) is 9.14. The van der Waals surface area contributed by atoms with Gasteiger partial charge in [0.15, 0.2) is 0 Å². The van der Waals surface area contributed by atoms with Gasteiger partial charge in [-0.2, -0.15) is 0 Å². The first kappa shape index (κ1) is 19.0. The van der Waals surface area contributed by atoms with Crippen LogP contribution in [0.4, 0.5) is 5.82 Å². The van der Waals surface area contributed by atoms with Crippen LogP contribution in [0.15, 0.2) is 48.5 Å². The SMILES string of the molecule is CNCCN(C)c1nc2c(C)cccc2cc1COc1cccc(OC)c1. The molecule has 2 aromatic carbocycles. The van der Waals surface area contributed by atoms with Crippen molar-refractivity contribution >= 4 is 16.7 Å². The predicted molar refractivity (Wildman–Crippen MR) is 111 cm³/mol. The molecule has 0 spiro atoms. The molecule has 0 aliphatic rings. The first-order valence-corrected chi connectivity index (χ1v) is 9.14. The minimum Gasteiger partial charge on any atom is -0.497 e. The molecule has 0 amide bonds. The predicted octanol–water partition coefficient (Wildman–Crippen LogP) is 3.79. The van der Waals surface area contributed by atoms with Crippen LogP contribution in [0.5, 0.6) is 11.5 Å². The van der Waals surface area contributed by atoms with E-state index in [2.05, 4.69) is 48.5 Å². The summed E-state index contributed by atoms with van der Waals surface area (Å²) in [5.41, 5.74) is 3.28. The number of nitrogens with zero attached hydrogens (tertiary/aromatic N) is 2. The van der Waals surface area contributed by atoms with Gasteiger partial charge < -0.3 is 19.7 Å². The number of anilines is 1. The van der Waals surface area contributed by atoms with Crippen LogP contribution in [-0.2, 0) is 6.61 Å². The molecular formula is C22H27N3O2. The monoisotopic (exact) mass is 365 g/mol. The largest absolute Gasteiger partial charge is 0.497 e. The molecule has 27 heavy (non-hydrogen) atoms. The van der Waals surface area contributed by atoms with E-state index in [0.29, 0.717) is 6.61 Å². The summed E-state index contributed by atoms with van der Waals surface area (Å²) in [6.45, 7) is 4.30. The summed E-state index contributed by atoms with van der Waals surface area (Å²) in [5, 5.41) is 4.32. The van der Waals surface area contributed by atoms with Gasteiger partial charge in [-0.05, 0) is 37.7 Å². The number of rotatable bonds is 8. The van der Waals surface area contributed by atoms with E-state index in [9.17, 15) is 0 Å². The second-order valence-electron chi connectivity index (χ2n) is 6.61. The zero-order chi connectivity index (χ0) is 19.2. The third-order valence-corrected chi connectivity index (χ3v) is 4.60. The highest BCUT2D eigenvalue weighted by molar-refractivity contribution is 5.84. The third-order valence-electron chi connectivity index (χ3n) is 4.60. The van der Waals surface area contributed by atoms with Crippen molar-refractivity contribution in [2.24, 2.45) is 0 Å². The highest BCUT2D eigenvalue weighted by Crippen LogP contribution is 2.27. The van der Waals surface area contributed by atoms with E-state index < -0.39 is 0 Å². The van der Waals surface area contributed by atoms with Crippen molar-refractivity contribution in [2.75, 3.05) is 39.2 Å². The Balaban J connectivity index is 1.93. The Kier molecular flexibility index (Phi) is 6.14. The van der Waals surface area contributed by atoms with E-state index in [0.717, 1.165) is 46.9 Å². The van der Waals surface area contributed by atoms with Gasteiger partial charge in [0.1, 0.15) is 23.9 Å². The topological polar surface area (TPSA) is 46.6 Å². The van der Waals surface area contributed by atoms with Gasteiger partial charge in [0, 0.05) is 37.2 Å². The van der Waals surface area contributed by atoms with Crippen molar-refractivity contribution in [1.29, 1.82) is 0 Å². The van der Waals surface area contributed by atoms with Crippen molar-refractivity contribution in [1.82, 2.24) is 10.3 Å². The maximum absolute atomic E-state index is 6.05. The zero-order valence-corrected chi connectivity index (χ0v) is 16.5. The van der Waals surface area contributed by atoms with Gasteiger partial charge in [0.2, 0.25) is 0 Å². The summed E-state index contributed by atoms with van der Waals surface area (Å²) in [5.74, 6) is 2.52. The van der Waals surface area contributed by atoms with Crippen LogP contribution in [0, 0.1) is 6.92 Å². The van der Waals surface area contributed by atoms with E-state index in [-0.39, 0.29) is 0 Å². The Morgan fingerprint density at radius 1 is 1.07 bits per heavy atom. The number of pyridine rings is 1. The van der Waals surface area contributed by atoms with Gasteiger partial charge in [-0.15, -0.1) is 0 Å². The molecule has 0 fully saturated rings. The Morgan fingerprint density at radius 2 is 1.85 bits per heavy atom. The lowest BCUT2D eigenvalue weighted by Crippen LogP contribution is -2.28. The lowest BCUT2D eigenvalue weighted by atomic mass is 10.1. The summed E-state index contributed by atoms with van der Waals surface area (Å²) in [7, 11) is 5.68. The average molecular weight is 365 g/mol. The molecule has 142 valence electrons. The van der Waals surface area contributed by atoms with Crippen molar-refractivity contribution in [3.8, 4) is 11.5 Å². The van der Waals surface area contributed by atoms with Gasteiger partial charge in [-0.1, -0.05) is 24.3 Å². The number of para-hydroxylation sites is 1. The second-order valence-corrected chi connectivity index (χ2v) is 6.61. The van der Waals surface area contributed by atoms with Crippen LogP contribution in [-0.4, -0.2) is 39.3 Å². The number of methoxy groups -OCH3 is 1. The highest BCUT2D eigenvalue weighted by atomic mass is 16.5. The maximum Gasteiger partial charge on any atom is 0.135 e. The van der Waals surface area contributed by atoms with Crippen molar-refractivity contribution in [3.05, 3.63) is 59.7 Å². The van der Waals surface area contributed by atoms with E-state index in [1.165, 1.54) is 5.56 Å². The quantitative estimate of drug-likeness (QED) is 0.658.